The number of nitrogens with zero attached hydrogens (tertiary/aromatic N) is 1. The molecule has 1 N–H and O–H groups in total. The van der Waals surface area contributed by atoms with Gasteiger partial charge in [-0.2, -0.15) is 0 Å². The first kappa shape index (κ1) is 12.6. The predicted molar refractivity (Wildman–Crippen MR) is 70.4 cm³/mol. The van der Waals surface area contributed by atoms with Crippen LogP contribution in [0.4, 0.5) is 0 Å². The minimum absolute atomic E-state index is 0.159. The normalized spacial score (nSPS) is 11.7. The second kappa shape index (κ2) is 4.77. The molecule has 0 saturated heterocycles. The number of halogens is 3. The Hall–Kier alpha value is -0.900. The Labute approximate surface area is 113 Å². The van der Waals surface area contributed by atoms with Crippen LogP contribution in [-0.4, -0.2) is 13.6 Å². The van der Waals surface area contributed by atoms with E-state index in [2.05, 4.69) is 5.10 Å². The van der Waals surface area contributed by atoms with Crippen molar-refractivity contribution >= 4 is 34.8 Å². The van der Waals surface area contributed by atoms with Gasteiger partial charge in [0.1, 0.15) is 0 Å². The molecule has 1 heterocycles. The van der Waals surface area contributed by atoms with Gasteiger partial charge in [0.2, 0.25) is 0 Å². The Kier molecular flexibility index (Phi) is 3.52. The smallest absolute Gasteiger partial charge is 0.271 e. The molecule has 3 nitrogen and oxygen atoms in total. The molecular formula is C11H9Cl3N2O. The van der Waals surface area contributed by atoms with E-state index < -0.39 is 3.79 Å². The van der Waals surface area contributed by atoms with Crippen molar-refractivity contribution in [2.24, 2.45) is 0 Å². The van der Waals surface area contributed by atoms with E-state index in [0.717, 1.165) is 5.69 Å². The first-order valence-electron chi connectivity index (χ1n) is 4.89. The summed E-state index contributed by atoms with van der Waals surface area (Å²) in [6.45, 7) is 0. The predicted octanol–water partition coefficient (Wildman–Crippen LogP) is 3.08. The van der Waals surface area contributed by atoms with Gasteiger partial charge in [-0.15, -0.1) is 0 Å². The fourth-order valence-electron chi connectivity index (χ4n) is 1.52. The van der Waals surface area contributed by atoms with Crippen LogP contribution in [0.1, 0.15) is 5.69 Å². The van der Waals surface area contributed by atoms with Gasteiger partial charge in [-0.05, 0) is 12.1 Å². The summed E-state index contributed by atoms with van der Waals surface area (Å²) in [4.78, 5) is 11.7. The Balaban J connectivity index is 2.36. The summed E-state index contributed by atoms with van der Waals surface area (Å²) in [6, 6.07) is 10.6. The summed E-state index contributed by atoms with van der Waals surface area (Å²) in [5, 5.41) is 2.91. The van der Waals surface area contributed by atoms with Crippen LogP contribution in [0.2, 0.25) is 0 Å². The van der Waals surface area contributed by atoms with E-state index >= 15 is 0 Å². The molecule has 0 spiro atoms. The lowest BCUT2D eigenvalue weighted by molar-refractivity contribution is 0.809. The number of alkyl halides is 3. The molecule has 0 atom stereocenters. The maximum atomic E-state index is 11.7. The lowest BCUT2D eigenvalue weighted by Crippen LogP contribution is -2.13. The minimum Gasteiger partial charge on any atom is -0.295 e. The highest BCUT2D eigenvalue weighted by Gasteiger charge is 2.21. The van der Waals surface area contributed by atoms with E-state index in [1.54, 1.807) is 0 Å². The van der Waals surface area contributed by atoms with E-state index in [4.69, 9.17) is 34.8 Å². The van der Waals surface area contributed by atoms with E-state index in [1.807, 2.05) is 30.3 Å². The highest BCUT2D eigenvalue weighted by atomic mass is 35.6. The second-order valence-electron chi connectivity index (χ2n) is 3.58. The number of hydrogen-bond acceptors (Lipinski definition) is 1. The van der Waals surface area contributed by atoms with Crippen molar-refractivity contribution < 1.29 is 0 Å². The van der Waals surface area contributed by atoms with Crippen LogP contribution < -0.4 is 5.56 Å². The summed E-state index contributed by atoms with van der Waals surface area (Å²) in [5.41, 5.74) is 1.15. The zero-order valence-corrected chi connectivity index (χ0v) is 10.9. The number of H-pyrrole nitrogens is 1. The van der Waals surface area contributed by atoms with E-state index in [9.17, 15) is 4.79 Å². The zero-order chi connectivity index (χ0) is 12.5. The Bertz CT molecular complexity index is 554. The lowest BCUT2D eigenvalue weighted by atomic mass is 10.3. The van der Waals surface area contributed by atoms with Crippen molar-refractivity contribution in [3.8, 4) is 5.69 Å². The number of aromatic amines is 1. The molecule has 0 unspecified atom stereocenters. The Morgan fingerprint density at radius 3 is 2.41 bits per heavy atom. The summed E-state index contributed by atoms with van der Waals surface area (Å²) < 4.78 is -0.00243. The maximum Gasteiger partial charge on any atom is 0.271 e. The first-order valence-corrected chi connectivity index (χ1v) is 6.02. The average Bonchev–Trinajstić information content (AvgIpc) is 2.58. The third kappa shape index (κ3) is 3.28. The van der Waals surface area contributed by atoms with Crippen molar-refractivity contribution in [2.45, 2.75) is 10.2 Å². The molecule has 0 radical (unpaired) electrons. The minimum atomic E-state index is -1.41. The molecule has 17 heavy (non-hydrogen) atoms. The Morgan fingerprint density at radius 2 is 1.82 bits per heavy atom. The van der Waals surface area contributed by atoms with Crippen LogP contribution in [0.15, 0.2) is 41.2 Å². The van der Waals surface area contributed by atoms with Gasteiger partial charge in [0.05, 0.1) is 5.69 Å². The van der Waals surface area contributed by atoms with Gasteiger partial charge in [0, 0.05) is 18.2 Å². The quantitative estimate of drug-likeness (QED) is 0.848. The lowest BCUT2D eigenvalue weighted by Gasteiger charge is -2.08. The van der Waals surface area contributed by atoms with Gasteiger partial charge in [-0.25, -0.2) is 4.68 Å². The standard InChI is InChI=1S/C11H9Cl3N2O/c12-11(13,14)7-8-6-10(17)16(15-8)9-4-2-1-3-5-9/h1-6,15H,7H2. The third-order valence-electron chi connectivity index (χ3n) is 2.18. The second-order valence-corrected chi connectivity index (χ2v) is 6.10. The highest BCUT2D eigenvalue weighted by Crippen LogP contribution is 2.29. The molecular weight excluding hydrogens is 282 g/mol. The van der Waals surface area contributed by atoms with Gasteiger partial charge < -0.3 is 0 Å². The number of rotatable bonds is 2. The van der Waals surface area contributed by atoms with E-state index in [-0.39, 0.29) is 12.0 Å². The molecule has 0 aliphatic carbocycles. The molecule has 0 bridgehead atoms. The van der Waals surface area contributed by atoms with Crippen LogP contribution in [0.5, 0.6) is 0 Å². The fraction of sp³-hybridized carbons (Fsp3) is 0.182. The van der Waals surface area contributed by atoms with Gasteiger partial charge in [-0.3, -0.25) is 9.89 Å². The molecule has 2 aromatic rings. The molecule has 90 valence electrons. The van der Waals surface area contributed by atoms with Crippen LogP contribution >= 0.6 is 34.8 Å². The van der Waals surface area contributed by atoms with Gasteiger partial charge in [-0.1, -0.05) is 53.0 Å². The van der Waals surface area contributed by atoms with Gasteiger partial charge >= 0.3 is 0 Å². The van der Waals surface area contributed by atoms with Crippen molar-refractivity contribution in [2.75, 3.05) is 0 Å². The summed E-state index contributed by atoms with van der Waals surface area (Å²) >= 11 is 17.0. The number of nitrogens with one attached hydrogen (secondary N) is 1. The molecule has 0 saturated carbocycles. The van der Waals surface area contributed by atoms with Crippen molar-refractivity contribution in [3.05, 3.63) is 52.4 Å². The van der Waals surface area contributed by atoms with Gasteiger partial charge in [0.25, 0.3) is 5.56 Å². The zero-order valence-electron chi connectivity index (χ0n) is 8.66. The number of para-hydroxylation sites is 1. The molecule has 0 aliphatic heterocycles. The molecule has 1 aromatic carbocycles. The molecule has 1 aromatic heterocycles. The van der Waals surface area contributed by atoms with Crippen LogP contribution in [-0.2, 0) is 6.42 Å². The summed E-state index contributed by atoms with van der Waals surface area (Å²) in [5.74, 6) is 0. The third-order valence-corrected chi connectivity index (χ3v) is 2.58. The van der Waals surface area contributed by atoms with Crippen LogP contribution in [0, 0.1) is 0 Å². The number of benzene rings is 1. The summed E-state index contributed by atoms with van der Waals surface area (Å²) in [7, 11) is 0. The topological polar surface area (TPSA) is 37.8 Å². The van der Waals surface area contributed by atoms with Crippen molar-refractivity contribution in [1.82, 2.24) is 9.78 Å². The number of hydrogen-bond donors (Lipinski definition) is 1. The van der Waals surface area contributed by atoms with E-state index in [1.165, 1.54) is 10.7 Å². The Morgan fingerprint density at radius 1 is 1.18 bits per heavy atom. The SMILES string of the molecule is O=c1cc(CC(Cl)(Cl)Cl)[nH]n1-c1ccccc1. The van der Waals surface area contributed by atoms with Crippen molar-refractivity contribution in [3.63, 3.8) is 0 Å². The highest BCUT2D eigenvalue weighted by molar-refractivity contribution is 6.67. The van der Waals surface area contributed by atoms with Crippen LogP contribution in [0.25, 0.3) is 5.69 Å². The largest absolute Gasteiger partial charge is 0.295 e. The molecule has 0 fully saturated rings. The molecule has 0 amide bonds. The monoisotopic (exact) mass is 290 g/mol. The van der Waals surface area contributed by atoms with E-state index in [0.29, 0.717) is 5.69 Å². The first-order chi connectivity index (χ1) is 7.96. The number of aromatic nitrogens is 2. The summed E-state index contributed by atoms with van der Waals surface area (Å²) in [6.07, 6.45) is 0.159. The average molecular weight is 292 g/mol. The van der Waals surface area contributed by atoms with Crippen LogP contribution in [0.3, 0.4) is 0 Å². The van der Waals surface area contributed by atoms with Crippen molar-refractivity contribution in [1.29, 1.82) is 0 Å². The maximum absolute atomic E-state index is 11.7. The van der Waals surface area contributed by atoms with Gasteiger partial charge in [0.15, 0.2) is 3.79 Å². The fourth-order valence-corrected chi connectivity index (χ4v) is 1.95. The molecule has 6 heteroatoms. The molecule has 2 rings (SSSR count). The molecule has 0 aliphatic rings.